The molecule has 2 N–H and O–H groups in total. The fourth-order valence-electron chi connectivity index (χ4n) is 2.52. The molecule has 110 valence electrons. The molecule has 0 atom stereocenters. The van der Waals surface area contributed by atoms with Crippen LogP contribution in [0.25, 0.3) is 6.08 Å². The van der Waals surface area contributed by atoms with Gasteiger partial charge >= 0.3 is 0 Å². The number of carbonyl (C=O) groups is 1. The Kier molecular flexibility index (Phi) is 3.94. The van der Waals surface area contributed by atoms with Crippen molar-refractivity contribution in [1.29, 1.82) is 5.26 Å². The third-order valence-corrected chi connectivity index (χ3v) is 4.80. The monoisotopic (exact) mass is 310 g/mol. The normalized spacial score (nSPS) is 13.0. The SMILES string of the molecule is N#Cc1c(NC(=O)/C=C/c2ccc(O)cc2)sc2c1CCC2. The molecule has 1 heterocycles. The van der Waals surface area contributed by atoms with E-state index in [9.17, 15) is 15.2 Å². The summed E-state index contributed by atoms with van der Waals surface area (Å²) in [4.78, 5) is 13.2. The maximum Gasteiger partial charge on any atom is 0.249 e. The average Bonchev–Trinajstić information content (AvgIpc) is 3.07. The zero-order valence-electron chi connectivity index (χ0n) is 11.8. The van der Waals surface area contributed by atoms with Gasteiger partial charge in [-0.2, -0.15) is 5.26 Å². The number of phenolic OH excluding ortho intramolecular Hbond substituents is 1. The Morgan fingerprint density at radius 2 is 2.09 bits per heavy atom. The van der Waals surface area contributed by atoms with Crippen LogP contribution in [0.2, 0.25) is 0 Å². The maximum atomic E-state index is 12.0. The molecular formula is C17H14N2O2S. The number of nitrogens with zero attached hydrogens (tertiary/aromatic N) is 1. The Labute approximate surface area is 132 Å². The largest absolute Gasteiger partial charge is 0.508 e. The van der Waals surface area contributed by atoms with Gasteiger partial charge in [-0.05, 0) is 48.6 Å². The highest BCUT2D eigenvalue weighted by Gasteiger charge is 2.22. The van der Waals surface area contributed by atoms with E-state index in [4.69, 9.17) is 0 Å². The highest BCUT2D eigenvalue weighted by molar-refractivity contribution is 7.16. The van der Waals surface area contributed by atoms with Crippen LogP contribution in [-0.4, -0.2) is 11.0 Å². The number of fused-ring (bicyclic) bond motifs is 1. The molecule has 5 heteroatoms. The van der Waals surface area contributed by atoms with Gasteiger partial charge in [-0.3, -0.25) is 4.79 Å². The van der Waals surface area contributed by atoms with Crippen molar-refractivity contribution in [3.05, 3.63) is 51.9 Å². The van der Waals surface area contributed by atoms with E-state index in [1.807, 2.05) is 0 Å². The van der Waals surface area contributed by atoms with Gasteiger partial charge in [0.2, 0.25) is 5.91 Å². The Balaban J connectivity index is 1.72. The van der Waals surface area contributed by atoms with Crippen LogP contribution < -0.4 is 5.32 Å². The zero-order chi connectivity index (χ0) is 15.5. The highest BCUT2D eigenvalue weighted by atomic mass is 32.1. The lowest BCUT2D eigenvalue weighted by Crippen LogP contribution is -2.07. The smallest absolute Gasteiger partial charge is 0.249 e. The number of nitriles is 1. The molecule has 4 nitrogen and oxygen atoms in total. The van der Waals surface area contributed by atoms with Crippen molar-refractivity contribution < 1.29 is 9.90 Å². The van der Waals surface area contributed by atoms with Crippen molar-refractivity contribution in [1.82, 2.24) is 0 Å². The number of benzene rings is 1. The van der Waals surface area contributed by atoms with Gasteiger partial charge in [-0.1, -0.05) is 12.1 Å². The first-order valence-electron chi connectivity index (χ1n) is 7.00. The first-order chi connectivity index (χ1) is 10.7. The van der Waals surface area contributed by atoms with Crippen molar-refractivity contribution in [3.63, 3.8) is 0 Å². The van der Waals surface area contributed by atoms with E-state index in [0.717, 1.165) is 30.4 Å². The molecule has 3 rings (SSSR count). The third kappa shape index (κ3) is 2.87. The number of hydrogen-bond acceptors (Lipinski definition) is 4. The topological polar surface area (TPSA) is 73.1 Å². The number of nitrogens with one attached hydrogen (secondary N) is 1. The molecule has 0 fully saturated rings. The Morgan fingerprint density at radius 3 is 2.82 bits per heavy atom. The summed E-state index contributed by atoms with van der Waals surface area (Å²) in [6, 6.07) is 8.78. The van der Waals surface area contributed by atoms with Crippen molar-refractivity contribution in [2.75, 3.05) is 5.32 Å². The summed E-state index contributed by atoms with van der Waals surface area (Å²) in [5, 5.41) is 21.9. The van der Waals surface area contributed by atoms with Crippen LogP contribution in [0.4, 0.5) is 5.00 Å². The molecule has 0 bridgehead atoms. The predicted molar refractivity (Wildman–Crippen MR) is 86.8 cm³/mol. The van der Waals surface area contributed by atoms with Gasteiger partial charge in [0.25, 0.3) is 0 Å². The molecule has 0 saturated heterocycles. The number of phenols is 1. The molecule has 0 saturated carbocycles. The molecule has 1 aliphatic carbocycles. The number of carbonyl (C=O) groups excluding carboxylic acids is 1. The van der Waals surface area contributed by atoms with E-state index in [1.165, 1.54) is 22.3 Å². The summed E-state index contributed by atoms with van der Waals surface area (Å²) in [6.07, 6.45) is 6.10. The average molecular weight is 310 g/mol. The lowest BCUT2D eigenvalue weighted by molar-refractivity contribution is -0.111. The first-order valence-corrected chi connectivity index (χ1v) is 7.82. The van der Waals surface area contributed by atoms with Crippen molar-refractivity contribution in [2.45, 2.75) is 19.3 Å². The van der Waals surface area contributed by atoms with Gasteiger partial charge in [0, 0.05) is 11.0 Å². The van der Waals surface area contributed by atoms with Crippen molar-refractivity contribution in [2.24, 2.45) is 0 Å². The molecule has 0 spiro atoms. The summed E-state index contributed by atoms with van der Waals surface area (Å²) < 4.78 is 0. The lowest BCUT2D eigenvalue weighted by Gasteiger charge is -2.00. The molecule has 0 unspecified atom stereocenters. The minimum Gasteiger partial charge on any atom is -0.508 e. The van der Waals surface area contributed by atoms with E-state index >= 15 is 0 Å². The van der Waals surface area contributed by atoms with E-state index in [1.54, 1.807) is 30.3 Å². The summed E-state index contributed by atoms with van der Waals surface area (Å²) in [5.41, 5.74) is 2.54. The lowest BCUT2D eigenvalue weighted by atomic mass is 10.1. The summed E-state index contributed by atoms with van der Waals surface area (Å²) in [7, 11) is 0. The molecule has 0 aliphatic heterocycles. The molecule has 2 aromatic rings. The summed E-state index contributed by atoms with van der Waals surface area (Å²) in [6.45, 7) is 0. The summed E-state index contributed by atoms with van der Waals surface area (Å²) in [5.74, 6) is -0.0714. The predicted octanol–water partition coefficient (Wildman–Crippen LogP) is 3.47. The minimum atomic E-state index is -0.260. The standard InChI is InChI=1S/C17H14N2O2S/c18-10-14-13-2-1-3-15(13)22-17(14)19-16(21)9-6-11-4-7-12(20)8-5-11/h4-9,20H,1-3H2,(H,19,21)/b9-6+. The van der Waals surface area contributed by atoms with E-state index in [-0.39, 0.29) is 11.7 Å². The molecule has 1 aromatic heterocycles. The molecule has 1 aliphatic rings. The fraction of sp³-hybridized carbons (Fsp3) is 0.176. The van der Waals surface area contributed by atoms with Crippen LogP contribution >= 0.6 is 11.3 Å². The molecule has 1 amide bonds. The number of hydrogen-bond donors (Lipinski definition) is 2. The third-order valence-electron chi connectivity index (χ3n) is 3.59. The van der Waals surface area contributed by atoms with Crippen LogP contribution in [0.15, 0.2) is 30.3 Å². The van der Waals surface area contributed by atoms with E-state index in [0.29, 0.717) is 10.6 Å². The minimum absolute atomic E-state index is 0.188. The van der Waals surface area contributed by atoms with Crippen LogP contribution in [0.1, 0.15) is 28.0 Å². The van der Waals surface area contributed by atoms with Gasteiger partial charge < -0.3 is 10.4 Å². The summed E-state index contributed by atoms with van der Waals surface area (Å²) >= 11 is 1.50. The van der Waals surface area contributed by atoms with Crippen molar-refractivity contribution >= 4 is 28.3 Å². The Morgan fingerprint density at radius 1 is 1.32 bits per heavy atom. The quantitative estimate of drug-likeness (QED) is 0.853. The van der Waals surface area contributed by atoms with Crippen LogP contribution in [0, 0.1) is 11.3 Å². The van der Waals surface area contributed by atoms with Gasteiger partial charge in [0.15, 0.2) is 0 Å². The van der Waals surface area contributed by atoms with Gasteiger partial charge in [0.1, 0.15) is 16.8 Å². The van der Waals surface area contributed by atoms with E-state index in [2.05, 4.69) is 11.4 Å². The van der Waals surface area contributed by atoms with Gasteiger partial charge in [-0.15, -0.1) is 11.3 Å². The second kappa shape index (κ2) is 6.04. The Hall–Kier alpha value is -2.58. The second-order valence-electron chi connectivity index (χ2n) is 5.09. The molecular weight excluding hydrogens is 296 g/mol. The van der Waals surface area contributed by atoms with Gasteiger partial charge in [0.05, 0.1) is 5.56 Å². The number of amides is 1. The zero-order valence-corrected chi connectivity index (χ0v) is 12.6. The number of rotatable bonds is 3. The van der Waals surface area contributed by atoms with E-state index < -0.39 is 0 Å². The maximum absolute atomic E-state index is 12.0. The Bertz CT molecular complexity index is 782. The first kappa shape index (κ1) is 14.4. The highest BCUT2D eigenvalue weighted by Crippen LogP contribution is 2.38. The molecule has 22 heavy (non-hydrogen) atoms. The fourth-order valence-corrected chi connectivity index (χ4v) is 3.76. The number of aryl methyl sites for hydroxylation is 1. The number of anilines is 1. The molecule has 1 aromatic carbocycles. The number of aromatic hydroxyl groups is 1. The second-order valence-corrected chi connectivity index (χ2v) is 6.19. The van der Waals surface area contributed by atoms with Crippen LogP contribution in [0.3, 0.4) is 0 Å². The molecule has 0 radical (unpaired) electrons. The van der Waals surface area contributed by atoms with Crippen LogP contribution in [0.5, 0.6) is 5.75 Å². The van der Waals surface area contributed by atoms with Crippen molar-refractivity contribution in [3.8, 4) is 11.8 Å². The van der Waals surface area contributed by atoms with Crippen LogP contribution in [-0.2, 0) is 17.6 Å². The van der Waals surface area contributed by atoms with Gasteiger partial charge in [-0.25, -0.2) is 0 Å². The number of thiophene rings is 1.